The molecule has 0 aromatic heterocycles. The average Bonchev–Trinajstić information content (AvgIpc) is 2.77. The van der Waals surface area contributed by atoms with Gasteiger partial charge in [-0.3, -0.25) is 4.79 Å². The van der Waals surface area contributed by atoms with Crippen LogP contribution in [-0.2, 0) is 9.53 Å². The van der Waals surface area contributed by atoms with E-state index >= 15 is 0 Å². The van der Waals surface area contributed by atoms with Gasteiger partial charge in [-0.15, -0.1) is 12.4 Å². The maximum atomic E-state index is 11.7. The van der Waals surface area contributed by atoms with Crippen LogP contribution in [0.15, 0.2) is 18.2 Å². The van der Waals surface area contributed by atoms with Crippen LogP contribution in [0.2, 0.25) is 5.02 Å². The van der Waals surface area contributed by atoms with Gasteiger partial charge in [-0.05, 0) is 24.1 Å². The Morgan fingerprint density at radius 2 is 2.17 bits per heavy atom. The Balaban J connectivity index is 0.00000162. The number of benzene rings is 1. The summed E-state index contributed by atoms with van der Waals surface area (Å²) in [4.78, 5) is 11.7. The number of ether oxygens (including phenoxy) is 1. The van der Waals surface area contributed by atoms with E-state index in [4.69, 9.17) is 16.3 Å². The van der Waals surface area contributed by atoms with E-state index in [0.717, 1.165) is 22.7 Å². The number of methoxy groups -OCH3 is 1. The van der Waals surface area contributed by atoms with Crippen molar-refractivity contribution in [3.63, 3.8) is 0 Å². The molecule has 1 aromatic carbocycles. The summed E-state index contributed by atoms with van der Waals surface area (Å²) in [6, 6.07) is 5.96. The fourth-order valence-electron chi connectivity index (χ4n) is 2.34. The van der Waals surface area contributed by atoms with Crippen molar-refractivity contribution in [3.8, 4) is 0 Å². The minimum absolute atomic E-state index is 0. The maximum Gasteiger partial charge on any atom is 0.310 e. The van der Waals surface area contributed by atoms with Gasteiger partial charge < -0.3 is 10.1 Å². The summed E-state index contributed by atoms with van der Waals surface area (Å²) in [5, 5.41) is 3.95. The van der Waals surface area contributed by atoms with Crippen molar-refractivity contribution in [1.29, 1.82) is 0 Å². The van der Waals surface area contributed by atoms with Gasteiger partial charge in [-0.2, -0.15) is 0 Å². The number of carbonyl (C=O) groups excluding carboxylic acids is 1. The fraction of sp³-hybridized carbons (Fsp3) is 0.462. The Hall–Kier alpha value is -0.770. The Morgan fingerprint density at radius 1 is 1.44 bits per heavy atom. The highest BCUT2D eigenvalue weighted by Crippen LogP contribution is 2.33. The van der Waals surface area contributed by atoms with Crippen molar-refractivity contribution in [1.82, 2.24) is 5.32 Å². The second-order valence-electron chi connectivity index (χ2n) is 4.42. The van der Waals surface area contributed by atoms with Gasteiger partial charge in [-0.25, -0.2) is 0 Å². The molecule has 0 spiro atoms. The minimum Gasteiger partial charge on any atom is -0.469 e. The van der Waals surface area contributed by atoms with Gasteiger partial charge >= 0.3 is 5.97 Å². The quantitative estimate of drug-likeness (QED) is 0.851. The van der Waals surface area contributed by atoms with Crippen LogP contribution in [0.25, 0.3) is 0 Å². The summed E-state index contributed by atoms with van der Waals surface area (Å²) in [5.74, 6) is -0.201. The van der Waals surface area contributed by atoms with Gasteiger partial charge in [-0.1, -0.05) is 23.7 Å². The number of halogens is 2. The molecule has 1 aromatic rings. The topological polar surface area (TPSA) is 38.3 Å². The molecule has 0 saturated carbocycles. The number of nitrogens with one attached hydrogen (secondary N) is 1. The van der Waals surface area contributed by atoms with Gasteiger partial charge in [0, 0.05) is 24.0 Å². The molecule has 1 heterocycles. The molecule has 0 bridgehead atoms. The molecule has 1 fully saturated rings. The first kappa shape index (κ1) is 15.3. The molecule has 1 aliphatic rings. The van der Waals surface area contributed by atoms with Gasteiger partial charge in [0.2, 0.25) is 0 Å². The van der Waals surface area contributed by atoms with E-state index in [1.165, 1.54) is 7.11 Å². The molecule has 1 aliphatic heterocycles. The molecule has 18 heavy (non-hydrogen) atoms. The molecule has 0 amide bonds. The first-order valence-electron chi connectivity index (χ1n) is 5.68. The highest BCUT2D eigenvalue weighted by atomic mass is 35.5. The lowest BCUT2D eigenvalue weighted by Crippen LogP contribution is -2.23. The van der Waals surface area contributed by atoms with Crippen LogP contribution in [0.4, 0.5) is 0 Å². The molecule has 100 valence electrons. The van der Waals surface area contributed by atoms with E-state index in [0.29, 0.717) is 6.54 Å². The highest BCUT2D eigenvalue weighted by Gasteiger charge is 2.35. The second kappa shape index (κ2) is 6.41. The summed E-state index contributed by atoms with van der Waals surface area (Å²) < 4.78 is 4.83. The van der Waals surface area contributed by atoms with E-state index in [1.54, 1.807) is 0 Å². The van der Waals surface area contributed by atoms with Crippen molar-refractivity contribution in [3.05, 3.63) is 34.3 Å². The molecular formula is C13H17Cl2NO2. The Morgan fingerprint density at radius 3 is 2.78 bits per heavy atom. The average molecular weight is 290 g/mol. The molecule has 0 aliphatic carbocycles. The van der Waals surface area contributed by atoms with Crippen LogP contribution in [0.1, 0.15) is 17.0 Å². The van der Waals surface area contributed by atoms with E-state index in [-0.39, 0.29) is 30.2 Å². The zero-order chi connectivity index (χ0) is 12.4. The number of aryl methyl sites for hydroxylation is 1. The Kier molecular flexibility index (Phi) is 5.45. The van der Waals surface area contributed by atoms with Gasteiger partial charge in [0.05, 0.1) is 13.0 Å². The van der Waals surface area contributed by atoms with Gasteiger partial charge in [0.1, 0.15) is 0 Å². The van der Waals surface area contributed by atoms with Crippen LogP contribution in [0, 0.1) is 12.8 Å². The highest BCUT2D eigenvalue weighted by molar-refractivity contribution is 6.31. The third kappa shape index (κ3) is 2.97. The van der Waals surface area contributed by atoms with Crippen LogP contribution in [-0.4, -0.2) is 26.2 Å². The predicted molar refractivity (Wildman–Crippen MR) is 74.6 cm³/mol. The Bertz CT molecular complexity index is 437. The van der Waals surface area contributed by atoms with Crippen LogP contribution >= 0.6 is 24.0 Å². The van der Waals surface area contributed by atoms with Crippen molar-refractivity contribution in [2.75, 3.05) is 20.2 Å². The van der Waals surface area contributed by atoms with E-state index in [9.17, 15) is 4.79 Å². The summed E-state index contributed by atoms with van der Waals surface area (Å²) in [5.41, 5.74) is 2.15. The third-order valence-corrected chi connectivity index (χ3v) is 3.60. The third-order valence-electron chi connectivity index (χ3n) is 3.27. The second-order valence-corrected chi connectivity index (χ2v) is 4.83. The molecule has 0 radical (unpaired) electrons. The summed E-state index contributed by atoms with van der Waals surface area (Å²) in [6.07, 6.45) is 0. The van der Waals surface area contributed by atoms with Crippen molar-refractivity contribution in [2.24, 2.45) is 5.92 Å². The number of carbonyl (C=O) groups is 1. The molecule has 2 rings (SSSR count). The lowest BCUT2D eigenvalue weighted by molar-refractivity contribution is -0.145. The number of hydrogen-bond acceptors (Lipinski definition) is 3. The van der Waals surface area contributed by atoms with Gasteiger partial charge in [0.15, 0.2) is 0 Å². The predicted octanol–water partition coefficient (Wildman–Crippen LogP) is 2.55. The number of rotatable bonds is 2. The molecule has 1 N–H and O–H groups in total. The number of esters is 1. The van der Waals surface area contributed by atoms with E-state index < -0.39 is 0 Å². The molecule has 5 heteroatoms. The molecule has 2 atom stereocenters. The molecule has 0 unspecified atom stereocenters. The molecular weight excluding hydrogens is 273 g/mol. The number of hydrogen-bond donors (Lipinski definition) is 1. The standard InChI is InChI=1S/C13H16ClNO2.ClH/c1-8-3-4-9(12(14)5-8)10-6-15-7-11(10)13(16)17-2;/h3-5,10-11,15H,6-7H2,1-2H3;1H/t10-,11+;/m0./s1. The zero-order valence-corrected chi connectivity index (χ0v) is 12.0. The minimum atomic E-state index is -0.170. The summed E-state index contributed by atoms with van der Waals surface area (Å²) >= 11 is 6.24. The smallest absolute Gasteiger partial charge is 0.310 e. The van der Waals surface area contributed by atoms with Crippen LogP contribution in [0.3, 0.4) is 0 Å². The Labute approximate surface area is 118 Å². The maximum absolute atomic E-state index is 11.7. The zero-order valence-electron chi connectivity index (χ0n) is 10.4. The SMILES string of the molecule is COC(=O)[C@@H]1CNC[C@H]1c1ccc(C)cc1Cl.Cl. The van der Waals surface area contributed by atoms with Crippen molar-refractivity contribution >= 4 is 30.0 Å². The van der Waals surface area contributed by atoms with Crippen molar-refractivity contribution < 1.29 is 9.53 Å². The molecule has 1 saturated heterocycles. The van der Waals surface area contributed by atoms with E-state index in [2.05, 4.69) is 5.32 Å². The van der Waals surface area contributed by atoms with E-state index in [1.807, 2.05) is 25.1 Å². The first-order valence-corrected chi connectivity index (χ1v) is 6.06. The lowest BCUT2D eigenvalue weighted by atomic mass is 9.88. The van der Waals surface area contributed by atoms with Crippen LogP contribution < -0.4 is 5.32 Å². The lowest BCUT2D eigenvalue weighted by Gasteiger charge is -2.18. The van der Waals surface area contributed by atoms with Crippen molar-refractivity contribution in [2.45, 2.75) is 12.8 Å². The first-order chi connectivity index (χ1) is 8.13. The molecule has 3 nitrogen and oxygen atoms in total. The monoisotopic (exact) mass is 289 g/mol. The van der Waals surface area contributed by atoms with Gasteiger partial charge in [0.25, 0.3) is 0 Å². The normalized spacial score (nSPS) is 22.4. The largest absolute Gasteiger partial charge is 0.469 e. The van der Waals surface area contributed by atoms with Crippen LogP contribution in [0.5, 0.6) is 0 Å². The summed E-state index contributed by atoms with van der Waals surface area (Å²) in [7, 11) is 1.43. The summed E-state index contributed by atoms with van der Waals surface area (Å²) in [6.45, 7) is 3.42. The fourth-order valence-corrected chi connectivity index (χ4v) is 2.71.